The zero-order valence-corrected chi connectivity index (χ0v) is 11.5. The van der Waals surface area contributed by atoms with Crippen molar-refractivity contribution in [2.45, 2.75) is 25.7 Å². The van der Waals surface area contributed by atoms with E-state index < -0.39 is 11.9 Å². The van der Waals surface area contributed by atoms with E-state index in [4.69, 9.17) is 0 Å². The first-order chi connectivity index (χ1) is 7.84. The molecule has 7 heteroatoms. The highest BCUT2D eigenvalue weighted by molar-refractivity contribution is 7.98. The van der Waals surface area contributed by atoms with E-state index in [0.717, 1.165) is 22.5 Å². The summed E-state index contributed by atoms with van der Waals surface area (Å²) in [6, 6.07) is 0.322. The van der Waals surface area contributed by atoms with Gasteiger partial charge in [-0.3, -0.25) is 4.90 Å². The molecule has 1 aromatic heterocycles. The third-order valence-corrected chi connectivity index (χ3v) is 4.04. The van der Waals surface area contributed by atoms with Crippen LogP contribution < -0.4 is 0 Å². The zero-order valence-electron chi connectivity index (χ0n) is 9.91. The molecule has 0 radical (unpaired) electrons. The van der Waals surface area contributed by atoms with Gasteiger partial charge in [0.05, 0.1) is 6.54 Å². The lowest BCUT2D eigenvalue weighted by molar-refractivity contribution is -0.140. The lowest BCUT2D eigenvalue weighted by Gasteiger charge is -2.22. The monoisotopic (exact) mass is 284 g/mol. The SMILES string of the molecule is CSC[C@@H](C)N(C)Cc1nc(C(F)(F)F)cs1. The van der Waals surface area contributed by atoms with Crippen LogP contribution in [0.25, 0.3) is 0 Å². The van der Waals surface area contributed by atoms with Crippen LogP contribution >= 0.6 is 23.1 Å². The molecule has 2 nitrogen and oxygen atoms in total. The smallest absolute Gasteiger partial charge is 0.296 e. The summed E-state index contributed by atoms with van der Waals surface area (Å²) in [6.07, 6.45) is -2.33. The maximum atomic E-state index is 12.3. The summed E-state index contributed by atoms with van der Waals surface area (Å²) in [7, 11) is 1.90. The molecule has 0 saturated carbocycles. The molecular formula is C10H15F3N2S2. The van der Waals surface area contributed by atoms with Crippen molar-refractivity contribution >= 4 is 23.1 Å². The molecule has 1 atom stereocenters. The van der Waals surface area contributed by atoms with Crippen molar-refractivity contribution in [1.29, 1.82) is 0 Å². The van der Waals surface area contributed by atoms with Gasteiger partial charge in [0, 0.05) is 17.2 Å². The van der Waals surface area contributed by atoms with Crippen LogP contribution in [0.5, 0.6) is 0 Å². The van der Waals surface area contributed by atoms with Crippen LogP contribution in [0.4, 0.5) is 13.2 Å². The Morgan fingerprint density at radius 1 is 1.53 bits per heavy atom. The van der Waals surface area contributed by atoms with E-state index in [9.17, 15) is 13.2 Å². The van der Waals surface area contributed by atoms with Crippen LogP contribution in [0, 0.1) is 0 Å². The summed E-state index contributed by atoms with van der Waals surface area (Å²) < 4.78 is 37.0. The van der Waals surface area contributed by atoms with Gasteiger partial charge in [0.2, 0.25) is 0 Å². The molecule has 0 aromatic carbocycles. The fourth-order valence-electron chi connectivity index (χ4n) is 1.25. The van der Waals surface area contributed by atoms with E-state index in [2.05, 4.69) is 11.9 Å². The fraction of sp³-hybridized carbons (Fsp3) is 0.700. The molecule has 1 aromatic rings. The number of rotatable bonds is 5. The maximum absolute atomic E-state index is 12.3. The molecule has 0 bridgehead atoms. The Labute approximate surface area is 107 Å². The molecule has 0 unspecified atom stereocenters. The minimum Gasteiger partial charge on any atom is -0.296 e. The van der Waals surface area contributed by atoms with Crippen molar-refractivity contribution < 1.29 is 13.2 Å². The molecular weight excluding hydrogens is 269 g/mol. The summed E-state index contributed by atoms with van der Waals surface area (Å²) in [4.78, 5) is 5.62. The van der Waals surface area contributed by atoms with Gasteiger partial charge < -0.3 is 0 Å². The third kappa shape index (κ3) is 4.48. The van der Waals surface area contributed by atoms with Crippen molar-refractivity contribution in [2.75, 3.05) is 19.1 Å². The van der Waals surface area contributed by atoms with Crippen LogP contribution in [-0.2, 0) is 12.7 Å². The van der Waals surface area contributed by atoms with Gasteiger partial charge in [-0.15, -0.1) is 11.3 Å². The summed E-state index contributed by atoms with van der Waals surface area (Å²) in [6.45, 7) is 2.51. The number of alkyl halides is 3. The second-order valence-corrected chi connectivity index (χ2v) is 5.70. The molecule has 1 heterocycles. The summed E-state index contributed by atoms with van der Waals surface area (Å²) in [5, 5.41) is 1.58. The van der Waals surface area contributed by atoms with Gasteiger partial charge in [0.1, 0.15) is 5.01 Å². The second kappa shape index (κ2) is 6.06. The van der Waals surface area contributed by atoms with E-state index >= 15 is 0 Å². The lowest BCUT2D eigenvalue weighted by Crippen LogP contribution is -2.30. The highest BCUT2D eigenvalue weighted by Gasteiger charge is 2.33. The molecule has 0 amide bonds. The van der Waals surface area contributed by atoms with Crippen LogP contribution in [-0.4, -0.2) is 35.0 Å². The van der Waals surface area contributed by atoms with Crippen LogP contribution in [0.1, 0.15) is 17.6 Å². The maximum Gasteiger partial charge on any atom is 0.434 e. The molecule has 0 aliphatic heterocycles. The molecule has 98 valence electrons. The molecule has 1 rings (SSSR count). The number of nitrogens with zero attached hydrogens (tertiary/aromatic N) is 2. The standard InChI is InChI=1S/C10H15F3N2S2/c1-7(5-16-3)15(2)4-9-14-8(6-17-9)10(11,12)13/h6-7H,4-5H2,1-3H3/t7-/m1/s1. The van der Waals surface area contributed by atoms with Gasteiger partial charge in [0.25, 0.3) is 0 Å². The van der Waals surface area contributed by atoms with E-state index in [-0.39, 0.29) is 0 Å². The van der Waals surface area contributed by atoms with Crippen molar-refractivity contribution in [3.8, 4) is 0 Å². The first kappa shape index (κ1) is 14.8. The molecule has 0 aliphatic carbocycles. The molecule has 0 N–H and O–H groups in total. The average Bonchev–Trinajstić information content (AvgIpc) is 2.66. The van der Waals surface area contributed by atoms with Crippen molar-refractivity contribution in [1.82, 2.24) is 9.88 Å². The fourth-order valence-corrected chi connectivity index (χ4v) is 2.85. The normalized spacial score (nSPS) is 14.3. The summed E-state index contributed by atoms with van der Waals surface area (Å²) in [5.74, 6) is 0.952. The molecule has 0 saturated heterocycles. The molecule has 17 heavy (non-hydrogen) atoms. The van der Waals surface area contributed by atoms with E-state index in [1.54, 1.807) is 11.8 Å². The van der Waals surface area contributed by atoms with Gasteiger partial charge in [0.15, 0.2) is 5.69 Å². The van der Waals surface area contributed by atoms with Gasteiger partial charge in [-0.1, -0.05) is 0 Å². The molecule has 0 aliphatic rings. The quantitative estimate of drug-likeness (QED) is 0.825. The minimum atomic E-state index is -4.34. The number of hydrogen-bond acceptors (Lipinski definition) is 4. The Morgan fingerprint density at radius 3 is 2.65 bits per heavy atom. The number of thiazole rings is 1. The minimum absolute atomic E-state index is 0.322. The number of aromatic nitrogens is 1. The summed E-state index contributed by atoms with van der Waals surface area (Å²) >= 11 is 2.78. The van der Waals surface area contributed by atoms with Crippen LogP contribution in [0.3, 0.4) is 0 Å². The van der Waals surface area contributed by atoms with E-state index in [0.29, 0.717) is 17.6 Å². The highest BCUT2D eigenvalue weighted by atomic mass is 32.2. The third-order valence-electron chi connectivity index (χ3n) is 2.39. The van der Waals surface area contributed by atoms with Crippen molar-refractivity contribution in [2.24, 2.45) is 0 Å². The molecule has 0 fully saturated rings. The first-order valence-electron chi connectivity index (χ1n) is 5.05. The largest absolute Gasteiger partial charge is 0.434 e. The van der Waals surface area contributed by atoms with Crippen LogP contribution in [0.15, 0.2) is 5.38 Å². The van der Waals surface area contributed by atoms with Gasteiger partial charge in [-0.05, 0) is 20.2 Å². The highest BCUT2D eigenvalue weighted by Crippen LogP contribution is 2.30. The van der Waals surface area contributed by atoms with Gasteiger partial charge in [-0.25, -0.2) is 4.98 Å². The Balaban J connectivity index is 2.60. The second-order valence-electron chi connectivity index (χ2n) is 3.84. The summed E-state index contributed by atoms with van der Waals surface area (Å²) in [5.41, 5.74) is -0.789. The first-order valence-corrected chi connectivity index (χ1v) is 7.32. The van der Waals surface area contributed by atoms with E-state index in [1.165, 1.54) is 0 Å². The van der Waals surface area contributed by atoms with E-state index in [1.807, 2.05) is 18.2 Å². The Bertz CT molecular complexity index is 352. The predicted molar refractivity (Wildman–Crippen MR) is 66.4 cm³/mol. The Kier molecular flexibility index (Phi) is 5.27. The van der Waals surface area contributed by atoms with Gasteiger partial charge in [-0.2, -0.15) is 24.9 Å². The predicted octanol–water partition coefficient (Wildman–Crippen LogP) is 3.35. The number of halogens is 3. The lowest BCUT2D eigenvalue weighted by atomic mass is 10.3. The topological polar surface area (TPSA) is 16.1 Å². The Hall–Kier alpha value is -0.270. The van der Waals surface area contributed by atoms with Crippen LogP contribution in [0.2, 0.25) is 0 Å². The Morgan fingerprint density at radius 2 is 2.18 bits per heavy atom. The van der Waals surface area contributed by atoms with Gasteiger partial charge >= 0.3 is 6.18 Å². The molecule has 0 spiro atoms. The number of thioether (sulfide) groups is 1. The van der Waals surface area contributed by atoms with Crippen molar-refractivity contribution in [3.63, 3.8) is 0 Å². The average molecular weight is 284 g/mol. The van der Waals surface area contributed by atoms with Crippen molar-refractivity contribution in [3.05, 3.63) is 16.1 Å². The zero-order chi connectivity index (χ0) is 13.1. The number of hydrogen-bond donors (Lipinski definition) is 0.